The molecule has 0 saturated carbocycles. The van der Waals surface area contributed by atoms with Gasteiger partial charge in [-0.15, -0.1) is 0 Å². The molecule has 0 aliphatic carbocycles. The number of aromatic nitrogens is 2. The predicted molar refractivity (Wildman–Crippen MR) is 97.1 cm³/mol. The third-order valence-electron chi connectivity index (χ3n) is 4.00. The van der Waals surface area contributed by atoms with Crippen molar-refractivity contribution in [2.45, 2.75) is 25.9 Å². The first-order valence-corrected chi connectivity index (χ1v) is 8.67. The van der Waals surface area contributed by atoms with E-state index in [9.17, 15) is 23.6 Å². The third-order valence-corrected chi connectivity index (χ3v) is 4.00. The predicted octanol–water partition coefficient (Wildman–Crippen LogP) is 1.40. The molecule has 2 aromatic rings. The van der Waals surface area contributed by atoms with Crippen molar-refractivity contribution in [2.24, 2.45) is 0 Å². The molecule has 0 spiro atoms. The fraction of sp³-hybridized carbons (Fsp3) is 0.263. The molecule has 0 amide bonds. The number of nitrogens with one attached hydrogen (secondary N) is 1. The van der Waals surface area contributed by atoms with E-state index in [0.717, 1.165) is 6.92 Å². The van der Waals surface area contributed by atoms with E-state index >= 15 is 0 Å². The molecule has 1 aromatic carbocycles. The van der Waals surface area contributed by atoms with Gasteiger partial charge in [0.2, 0.25) is 11.7 Å². The van der Waals surface area contributed by atoms with Crippen LogP contribution in [0.3, 0.4) is 0 Å². The van der Waals surface area contributed by atoms with Crippen molar-refractivity contribution in [3.63, 3.8) is 0 Å². The first-order valence-electron chi connectivity index (χ1n) is 8.67. The number of halogens is 1. The van der Waals surface area contributed by atoms with Gasteiger partial charge in [-0.3, -0.25) is 14.6 Å². The van der Waals surface area contributed by atoms with Crippen molar-refractivity contribution >= 4 is 17.8 Å². The summed E-state index contributed by atoms with van der Waals surface area (Å²) in [5, 5.41) is 0. The zero-order valence-electron chi connectivity index (χ0n) is 15.3. The van der Waals surface area contributed by atoms with E-state index in [2.05, 4.69) is 0 Å². The Hall–Kier alpha value is -3.69. The zero-order valence-corrected chi connectivity index (χ0v) is 15.3. The number of hydrogen-bond acceptors (Lipinski definition) is 7. The number of rotatable bonds is 6. The second kappa shape index (κ2) is 8.55. The monoisotopic (exact) mass is 404 g/mol. The summed E-state index contributed by atoms with van der Waals surface area (Å²) in [6.45, 7) is 1.17. The van der Waals surface area contributed by atoms with Crippen LogP contribution in [0.15, 0.2) is 51.9 Å². The number of carbonyl (C=O) groups excluding carboxylic acids is 2. The number of carbonyl (C=O) groups is 2. The summed E-state index contributed by atoms with van der Waals surface area (Å²) in [4.78, 5) is 48.3. The number of benzene rings is 1. The van der Waals surface area contributed by atoms with Crippen LogP contribution in [0.2, 0.25) is 0 Å². The minimum atomic E-state index is -1.21. The van der Waals surface area contributed by atoms with Crippen molar-refractivity contribution < 1.29 is 28.2 Å². The van der Waals surface area contributed by atoms with Crippen LogP contribution in [0.4, 0.5) is 4.39 Å². The molecule has 2 heterocycles. The lowest BCUT2D eigenvalue weighted by Crippen LogP contribution is -2.31. The molecule has 1 aliphatic heterocycles. The molecule has 152 valence electrons. The van der Waals surface area contributed by atoms with Crippen molar-refractivity contribution in [1.29, 1.82) is 0 Å². The molecule has 1 aliphatic rings. The molecule has 0 fully saturated rings. The average Bonchev–Trinajstić information content (AvgIpc) is 3.07. The van der Waals surface area contributed by atoms with Gasteiger partial charge in [0.25, 0.3) is 5.56 Å². The van der Waals surface area contributed by atoms with Gasteiger partial charge < -0.3 is 14.2 Å². The molecule has 1 N–H and O–H groups in total. The Morgan fingerprint density at radius 3 is 2.69 bits per heavy atom. The smallest absolute Gasteiger partial charge is 0.338 e. The van der Waals surface area contributed by atoms with Crippen LogP contribution in [0, 0.1) is 5.82 Å². The van der Waals surface area contributed by atoms with Crippen LogP contribution in [-0.4, -0.2) is 34.2 Å². The fourth-order valence-corrected chi connectivity index (χ4v) is 2.71. The Morgan fingerprint density at radius 2 is 2.00 bits per heavy atom. The van der Waals surface area contributed by atoms with Gasteiger partial charge >= 0.3 is 17.6 Å². The molecule has 1 aromatic heterocycles. The number of H-pyrrole nitrogens is 1. The number of aromatic amines is 1. The number of esters is 2. The maximum Gasteiger partial charge on any atom is 0.338 e. The van der Waals surface area contributed by atoms with Gasteiger partial charge in [0.05, 0.1) is 18.4 Å². The van der Waals surface area contributed by atoms with Crippen LogP contribution < -0.4 is 11.2 Å². The molecular weight excluding hydrogens is 387 g/mol. The van der Waals surface area contributed by atoms with E-state index in [1.54, 1.807) is 35.3 Å². The lowest BCUT2D eigenvalue weighted by Gasteiger charge is -2.13. The summed E-state index contributed by atoms with van der Waals surface area (Å²) in [5.74, 6) is -2.57. The Labute approximate surface area is 163 Å². The molecule has 1 atom stereocenters. The lowest BCUT2D eigenvalue weighted by molar-refractivity contribution is -0.136. The molecule has 29 heavy (non-hydrogen) atoms. The Bertz CT molecular complexity index is 1070. The lowest BCUT2D eigenvalue weighted by atomic mass is 10.2. The normalized spacial score (nSPS) is 15.7. The highest BCUT2D eigenvalue weighted by Crippen LogP contribution is 2.30. The van der Waals surface area contributed by atoms with Gasteiger partial charge in [0, 0.05) is 19.8 Å². The molecule has 10 heteroatoms. The van der Waals surface area contributed by atoms with Gasteiger partial charge in [0.1, 0.15) is 6.10 Å². The van der Waals surface area contributed by atoms with Gasteiger partial charge in [-0.1, -0.05) is 18.2 Å². The van der Waals surface area contributed by atoms with E-state index in [4.69, 9.17) is 14.2 Å². The second-order valence-corrected chi connectivity index (χ2v) is 6.16. The highest BCUT2D eigenvalue weighted by Gasteiger charge is 2.31. The molecule has 3 rings (SSSR count). The first kappa shape index (κ1) is 20.1. The minimum absolute atomic E-state index is 0.00503. The summed E-state index contributed by atoms with van der Waals surface area (Å²) in [6, 6.07) is 8.42. The SMILES string of the molecule is CC(=O)OC1=C(n2cc(F)c(=O)[nH]c2=O)O[C@@H](CCOC(=O)c2ccccc2)C1. The summed E-state index contributed by atoms with van der Waals surface area (Å²) in [5.41, 5.74) is -1.73. The van der Waals surface area contributed by atoms with E-state index < -0.39 is 35.1 Å². The van der Waals surface area contributed by atoms with Gasteiger partial charge in [-0.25, -0.2) is 14.2 Å². The molecule has 0 bridgehead atoms. The molecule has 0 radical (unpaired) electrons. The van der Waals surface area contributed by atoms with Crippen molar-refractivity contribution in [3.05, 3.63) is 74.5 Å². The topological polar surface area (TPSA) is 117 Å². The molecular formula is C19H17FN2O7. The Morgan fingerprint density at radius 1 is 1.28 bits per heavy atom. The van der Waals surface area contributed by atoms with Crippen LogP contribution in [0.1, 0.15) is 30.1 Å². The largest absolute Gasteiger partial charge is 0.472 e. The summed E-state index contributed by atoms with van der Waals surface area (Å²) in [6.07, 6.45) is 0.376. The maximum atomic E-state index is 13.6. The minimum Gasteiger partial charge on any atom is -0.472 e. The number of nitrogens with zero attached hydrogens (tertiary/aromatic N) is 1. The van der Waals surface area contributed by atoms with Crippen molar-refractivity contribution in [1.82, 2.24) is 9.55 Å². The molecule has 0 unspecified atom stereocenters. The van der Waals surface area contributed by atoms with Crippen molar-refractivity contribution in [3.8, 4) is 0 Å². The summed E-state index contributed by atoms with van der Waals surface area (Å²) >= 11 is 0. The van der Waals surface area contributed by atoms with E-state index in [1.165, 1.54) is 0 Å². The first-order chi connectivity index (χ1) is 13.8. The quantitative estimate of drug-likeness (QED) is 0.724. The van der Waals surface area contributed by atoms with Crippen LogP contribution >= 0.6 is 0 Å². The Kier molecular flexibility index (Phi) is 5.91. The van der Waals surface area contributed by atoms with E-state index in [-0.39, 0.29) is 31.1 Å². The van der Waals surface area contributed by atoms with E-state index in [0.29, 0.717) is 16.3 Å². The van der Waals surface area contributed by atoms with Gasteiger partial charge in [-0.2, -0.15) is 4.39 Å². The standard InChI is InChI=1S/C19H17FN2O7/c1-11(23)28-15-9-13(7-8-27-18(25)12-5-3-2-4-6-12)29-17(15)22-10-14(20)16(24)21-19(22)26/h2-6,10,13H,7-9H2,1H3,(H,21,24,26)/t13-/m0/s1. The van der Waals surface area contributed by atoms with Gasteiger partial charge in [0.15, 0.2) is 5.76 Å². The van der Waals surface area contributed by atoms with Crippen molar-refractivity contribution in [2.75, 3.05) is 6.61 Å². The summed E-state index contributed by atoms with van der Waals surface area (Å²) < 4.78 is 30.2. The van der Waals surface area contributed by atoms with E-state index in [1.807, 2.05) is 0 Å². The fourth-order valence-electron chi connectivity index (χ4n) is 2.71. The number of ether oxygens (including phenoxy) is 3. The molecule has 0 saturated heterocycles. The highest BCUT2D eigenvalue weighted by molar-refractivity contribution is 5.89. The zero-order chi connectivity index (χ0) is 21.0. The maximum absolute atomic E-state index is 13.6. The average molecular weight is 404 g/mol. The van der Waals surface area contributed by atoms with Crippen LogP contribution in [-0.2, 0) is 19.0 Å². The Balaban J connectivity index is 1.70. The number of hydrogen-bond donors (Lipinski definition) is 1. The second-order valence-electron chi connectivity index (χ2n) is 6.16. The highest BCUT2D eigenvalue weighted by atomic mass is 19.1. The third kappa shape index (κ3) is 4.78. The summed E-state index contributed by atoms with van der Waals surface area (Å²) in [7, 11) is 0. The van der Waals surface area contributed by atoms with Crippen LogP contribution in [0.25, 0.3) is 5.88 Å². The molecule has 9 nitrogen and oxygen atoms in total. The van der Waals surface area contributed by atoms with Gasteiger partial charge in [-0.05, 0) is 12.1 Å². The van der Waals surface area contributed by atoms with Crippen LogP contribution in [0.5, 0.6) is 0 Å².